The molecule has 11 heavy (non-hydrogen) atoms. The van der Waals surface area contributed by atoms with Crippen molar-refractivity contribution in [1.29, 1.82) is 0 Å². The third kappa shape index (κ3) is 1.28. The second-order valence-electron chi connectivity index (χ2n) is 2.47. The van der Waals surface area contributed by atoms with Crippen LogP contribution in [0.15, 0.2) is 11.1 Å². The highest BCUT2D eigenvalue weighted by Crippen LogP contribution is 2.25. The number of carbonyl (C=O) groups excluding carboxylic acids is 1. The van der Waals surface area contributed by atoms with Crippen LogP contribution in [-0.2, 0) is 9.53 Å². The molecule has 0 aromatic heterocycles. The maximum absolute atomic E-state index is 10.9. The molecule has 0 saturated carbocycles. The van der Waals surface area contributed by atoms with Gasteiger partial charge in [-0.3, -0.25) is 0 Å². The number of hydrogen-bond donors (Lipinski definition) is 1. The number of carbonyl (C=O) groups is 1. The molecule has 0 aromatic carbocycles. The number of esters is 1. The quantitative estimate of drug-likeness (QED) is 0.606. The van der Waals surface area contributed by atoms with Crippen molar-refractivity contribution in [3.8, 4) is 0 Å². The molecule has 0 fully saturated rings. The molecule has 1 atom stereocenters. The van der Waals surface area contributed by atoms with Gasteiger partial charge in [0, 0.05) is 11.1 Å². The van der Waals surface area contributed by atoms with Crippen LogP contribution in [0.4, 0.5) is 0 Å². The van der Waals surface area contributed by atoms with E-state index in [9.17, 15) is 4.79 Å². The molecule has 0 radical (unpaired) electrons. The van der Waals surface area contributed by atoms with Crippen LogP contribution >= 0.6 is 0 Å². The number of cyclic esters (lactones) is 1. The molecule has 3 nitrogen and oxygen atoms in total. The Morgan fingerprint density at radius 2 is 2.09 bits per heavy atom. The summed E-state index contributed by atoms with van der Waals surface area (Å²) in [5.41, 5.74) is 1.37. The van der Waals surface area contributed by atoms with Crippen LogP contribution in [0.3, 0.4) is 0 Å². The molecule has 0 aromatic rings. The van der Waals surface area contributed by atoms with E-state index in [0.717, 1.165) is 5.57 Å². The number of aliphatic hydroxyl groups is 1. The van der Waals surface area contributed by atoms with Gasteiger partial charge in [0.1, 0.15) is 0 Å². The summed E-state index contributed by atoms with van der Waals surface area (Å²) in [4.78, 5) is 10.9. The molecule has 1 unspecified atom stereocenters. The minimum atomic E-state index is -0.984. The topological polar surface area (TPSA) is 46.5 Å². The normalized spacial score (nSPS) is 24.3. The zero-order chi connectivity index (χ0) is 8.43. The lowest BCUT2D eigenvalue weighted by atomic mass is 10.1. The number of aliphatic hydroxyl groups excluding tert-OH is 1. The summed E-state index contributed by atoms with van der Waals surface area (Å²) in [6.45, 7) is 3.78. The summed E-state index contributed by atoms with van der Waals surface area (Å²) in [7, 11) is 0. The highest BCUT2D eigenvalue weighted by molar-refractivity contribution is 5.91. The molecule has 1 N–H and O–H groups in total. The standard InChI is InChI=1S/C8H12O3/c1-3-5-6(4-2)8(10)11-7(5)9/h7,9H,3-4H2,1-2H3. The van der Waals surface area contributed by atoms with Gasteiger partial charge in [-0.2, -0.15) is 0 Å². The first-order valence-electron chi connectivity index (χ1n) is 3.81. The lowest BCUT2D eigenvalue weighted by molar-refractivity contribution is -0.152. The van der Waals surface area contributed by atoms with Crippen molar-refractivity contribution in [2.75, 3.05) is 0 Å². The van der Waals surface area contributed by atoms with Crippen LogP contribution in [0.2, 0.25) is 0 Å². The Hall–Kier alpha value is -0.830. The van der Waals surface area contributed by atoms with Crippen molar-refractivity contribution in [1.82, 2.24) is 0 Å². The molecule has 0 amide bonds. The van der Waals surface area contributed by atoms with E-state index >= 15 is 0 Å². The number of hydrogen-bond acceptors (Lipinski definition) is 3. The first kappa shape index (κ1) is 8.27. The van der Waals surface area contributed by atoms with Crippen LogP contribution in [0.1, 0.15) is 26.7 Å². The highest BCUT2D eigenvalue weighted by Gasteiger charge is 2.29. The molecule has 0 spiro atoms. The average Bonchev–Trinajstić information content (AvgIpc) is 2.24. The molecule has 1 rings (SSSR count). The molecular formula is C8H12O3. The fourth-order valence-corrected chi connectivity index (χ4v) is 1.28. The van der Waals surface area contributed by atoms with E-state index in [2.05, 4.69) is 4.74 Å². The van der Waals surface area contributed by atoms with E-state index in [0.29, 0.717) is 18.4 Å². The summed E-state index contributed by atoms with van der Waals surface area (Å²) in [6.07, 6.45) is 0.331. The third-order valence-corrected chi connectivity index (χ3v) is 1.89. The minimum absolute atomic E-state index is 0.364. The first-order chi connectivity index (χ1) is 5.20. The predicted octanol–water partition coefficient (Wildman–Crippen LogP) is 0.978. The van der Waals surface area contributed by atoms with E-state index in [1.807, 2.05) is 13.8 Å². The van der Waals surface area contributed by atoms with Crippen LogP contribution < -0.4 is 0 Å². The molecule has 0 saturated heterocycles. The van der Waals surface area contributed by atoms with Crippen molar-refractivity contribution in [2.24, 2.45) is 0 Å². The van der Waals surface area contributed by atoms with E-state index in [1.54, 1.807) is 0 Å². The van der Waals surface area contributed by atoms with Gasteiger partial charge in [-0.05, 0) is 12.8 Å². The van der Waals surface area contributed by atoms with Crippen molar-refractivity contribution in [3.05, 3.63) is 11.1 Å². The third-order valence-electron chi connectivity index (χ3n) is 1.89. The first-order valence-corrected chi connectivity index (χ1v) is 3.81. The van der Waals surface area contributed by atoms with E-state index in [4.69, 9.17) is 5.11 Å². The molecule has 0 bridgehead atoms. The summed E-state index contributed by atoms with van der Waals surface area (Å²) < 4.78 is 4.61. The highest BCUT2D eigenvalue weighted by atomic mass is 16.6. The fourth-order valence-electron chi connectivity index (χ4n) is 1.28. The zero-order valence-electron chi connectivity index (χ0n) is 6.76. The van der Waals surface area contributed by atoms with Gasteiger partial charge < -0.3 is 9.84 Å². The van der Waals surface area contributed by atoms with Gasteiger partial charge in [-0.1, -0.05) is 13.8 Å². The van der Waals surface area contributed by atoms with E-state index in [-0.39, 0.29) is 5.97 Å². The van der Waals surface area contributed by atoms with Gasteiger partial charge in [0.15, 0.2) is 0 Å². The summed E-state index contributed by atoms with van der Waals surface area (Å²) >= 11 is 0. The van der Waals surface area contributed by atoms with Gasteiger partial charge in [-0.15, -0.1) is 0 Å². The molecular weight excluding hydrogens is 144 g/mol. The SMILES string of the molecule is CCC1=C(CC)C(O)OC1=O. The number of ether oxygens (including phenoxy) is 1. The largest absolute Gasteiger partial charge is 0.428 e. The van der Waals surface area contributed by atoms with Crippen molar-refractivity contribution < 1.29 is 14.6 Å². The molecule has 3 heteroatoms. The van der Waals surface area contributed by atoms with Gasteiger partial charge in [-0.25, -0.2) is 4.79 Å². The molecule has 62 valence electrons. The monoisotopic (exact) mass is 156 g/mol. The second kappa shape index (κ2) is 3.05. The van der Waals surface area contributed by atoms with Crippen molar-refractivity contribution in [2.45, 2.75) is 33.0 Å². The molecule has 1 heterocycles. The molecule has 0 aliphatic carbocycles. The van der Waals surface area contributed by atoms with Crippen LogP contribution in [0, 0.1) is 0 Å². The van der Waals surface area contributed by atoms with Gasteiger partial charge in [0.25, 0.3) is 0 Å². The Morgan fingerprint density at radius 3 is 2.45 bits per heavy atom. The van der Waals surface area contributed by atoms with Crippen LogP contribution in [0.25, 0.3) is 0 Å². The van der Waals surface area contributed by atoms with Crippen molar-refractivity contribution >= 4 is 5.97 Å². The summed E-state index contributed by atoms with van der Waals surface area (Å²) in [6, 6.07) is 0. The Morgan fingerprint density at radius 1 is 1.45 bits per heavy atom. The summed E-state index contributed by atoms with van der Waals surface area (Å²) in [5, 5.41) is 9.16. The zero-order valence-corrected chi connectivity index (χ0v) is 6.76. The fraction of sp³-hybridized carbons (Fsp3) is 0.625. The summed E-state index contributed by atoms with van der Waals surface area (Å²) in [5.74, 6) is -0.364. The number of rotatable bonds is 2. The Labute approximate surface area is 65.7 Å². The Bertz CT molecular complexity index is 205. The van der Waals surface area contributed by atoms with E-state index < -0.39 is 6.29 Å². The second-order valence-corrected chi connectivity index (χ2v) is 2.47. The van der Waals surface area contributed by atoms with Crippen LogP contribution in [0.5, 0.6) is 0 Å². The Kier molecular flexibility index (Phi) is 2.29. The van der Waals surface area contributed by atoms with Gasteiger partial charge >= 0.3 is 5.97 Å². The van der Waals surface area contributed by atoms with Crippen LogP contribution in [-0.4, -0.2) is 17.4 Å². The smallest absolute Gasteiger partial charge is 0.336 e. The Balaban J connectivity index is 2.92. The lowest BCUT2D eigenvalue weighted by Gasteiger charge is -2.03. The van der Waals surface area contributed by atoms with Crippen molar-refractivity contribution in [3.63, 3.8) is 0 Å². The van der Waals surface area contributed by atoms with Gasteiger partial charge in [0.05, 0.1) is 0 Å². The maximum Gasteiger partial charge on any atom is 0.336 e. The van der Waals surface area contributed by atoms with Gasteiger partial charge in [0.2, 0.25) is 6.29 Å². The average molecular weight is 156 g/mol. The molecule has 1 aliphatic heterocycles. The predicted molar refractivity (Wildman–Crippen MR) is 39.7 cm³/mol. The minimum Gasteiger partial charge on any atom is -0.428 e. The molecule has 1 aliphatic rings. The maximum atomic E-state index is 10.9. The van der Waals surface area contributed by atoms with E-state index in [1.165, 1.54) is 0 Å². The lowest BCUT2D eigenvalue weighted by Crippen LogP contribution is -2.09.